The summed E-state index contributed by atoms with van der Waals surface area (Å²) in [6, 6.07) is 14.0. The number of ether oxygens (including phenoxy) is 1. The fraction of sp³-hybridized carbons (Fsp3) is 0.176. The number of hydrogen-bond donors (Lipinski definition) is 1. The molecule has 0 atom stereocenters. The van der Waals surface area contributed by atoms with Gasteiger partial charge in [-0.25, -0.2) is 4.98 Å². The van der Waals surface area contributed by atoms with Crippen LogP contribution in [0.4, 0.5) is 5.82 Å². The summed E-state index contributed by atoms with van der Waals surface area (Å²) in [6.07, 6.45) is 1.80. The molecule has 0 radical (unpaired) electrons. The number of pyridine rings is 2. The van der Waals surface area contributed by atoms with Crippen LogP contribution in [-0.2, 0) is 6.54 Å². The highest BCUT2D eigenvalue weighted by atomic mass is 16.5. The number of anilines is 1. The molecule has 106 valence electrons. The van der Waals surface area contributed by atoms with E-state index in [-0.39, 0.29) is 0 Å². The van der Waals surface area contributed by atoms with Gasteiger partial charge >= 0.3 is 0 Å². The van der Waals surface area contributed by atoms with E-state index in [1.54, 1.807) is 13.3 Å². The summed E-state index contributed by atoms with van der Waals surface area (Å²) < 4.78 is 5.25. The molecular formula is C17H17N3O. The van der Waals surface area contributed by atoms with Gasteiger partial charge < -0.3 is 10.1 Å². The minimum atomic E-state index is 0.653. The SMILES string of the molecule is COc1ccc2c(NCc3cccc(C)n3)nccc2c1. The van der Waals surface area contributed by atoms with Crippen molar-refractivity contribution in [1.82, 2.24) is 9.97 Å². The molecule has 0 aliphatic carbocycles. The van der Waals surface area contributed by atoms with Crippen LogP contribution in [0, 0.1) is 6.92 Å². The number of aryl methyl sites for hydroxylation is 1. The molecule has 0 amide bonds. The molecule has 0 saturated carbocycles. The Balaban J connectivity index is 1.87. The highest BCUT2D eigenvalue weighted by Gasteiger charge is 2.04. The smallest absolute Gasteiger partial charge is 0.134 e. The van der Waals surface area contributed by atoms with Crippen molar-refractivity contribution in [2.45, 2.75) is 13.5 Å². The Kier molecular flexibility index (Phi) is 3.69. The van der Waals surface area contributed by atoms with E-state index in [1.807, 2.05) is 49.4 Å². The molecule has 0 fully saturated rings. The van der Waals surface area contributed by atoms with Crippen LogP contribution in [0.15, 0.2) is 48.7 Å². The molecule has 1 N–H and O–H groups in total. The topological polar surface area (TPSA) is 47.0 Å². The number of benzene rings is 1. The molecule has 3 aromatic rings. The van der Waals surface area contributed by atoms with Crippen molar-refractivity contribution in [3.05, 3.63) is 60.0 Å². The molecule has 4 nitrogen and oxygen atoms in total. The summed E-state index contributed by atoms with van der Waals surface area (Å²) in [4.78, 5) is 8.91. The first-order valence-corrected chi connectivity index (χ1v) is 6.85. The van der Waals surface area contributed by atoms with Crippen molar-refractivity contribution >= 4 is 16.6 Å². The predicted molar refractivity (Wildman–Crippen MR) is 84.6 cm³/mol. The highest BCUT2D eigenvalue weighted by molar-refractivity contribution is 5.92. The van der Waals surface area contributed by atoms with Crippen molar-refractivity contribution < 1.29 is 4.74 Å². The van der Waals surface area contributed by atoms with Crippen molar-refractivity contribution in [2.24, 2.45) is 0 Å². The number of rotatable bonds is 4. The molecule has 0 spiro atoms. The van der Waals surface area contributed by atoms with E-state index >= 15 is 0 Å². The Morgan fingerprint density at radius 1 is 1.14 bits per heavy atom. The number of fused-ring (bicyclic) bond motifs is 1. The maximum atomic E-state index is 5.25. The largest absolute Gasteiger partial charge is 0.497 e. The minimum Gasteiger partial charge on any atom is -0.497 e. The van der Waals surface area contributed by atoms with Crippen LogP contribution in [0.1, 0.15) is 11.4 Å². The van der Waals surface area contributed by atoms with E-state index in [2.05, 4.69) is 15.3 Å². The van der Waals surface area contributed by atoms with Crippen LogP contribution in [0.5, 0.6) is 5.75 Å². The van der Waals surface area contributed by atoms with Crippen LogP contribution in [0.2, 0.25) is 0 Å². The van der Waals surface area contributed by atoms with E-state index in [4.69, 9.17) is 4.74 Å². The lowest BCUT2D eigenvalue weighted by Gasteiger charge is -2.09. The predicted octanol–water partition coefficient (Wildman–Crippen LogP) is 3.56. The zero-order valence-electron chi connectivity index (χ0n) is 12.1. The van der Waals surface area contributed by atoms with Gasteiger partial charge in [0.2, 0.25) is 0 Å². The summed E-state index contributed by atoms with van der Waals surface area (Å²) in [5.41, 5.74) is 2.02. The van der Waals surface area contributed by atoms with E-state index in [1.165, 1.54) is 0 Å². The number of nitrogens with one attached hydrogen (secondary N) is 1. The van der Waals surface area contributed by atoms with Gasteiger partial charge in [-0.15, -0.1) is 0 Å². The van der Waals surface area contributed by atoms with Crippen LogP contribution in [-0.4, -0.2) is 17.1 Å². The normalized spacial score (nSPS) is 10.6. The molecule has 21 heavy (non-hydrogen) atoms. The molecule has 1 aromatic carbocycles. The number of hydrogen-bond acceptors (Lipinski definition) is 4. The van der Waals surface area contributed by atoms with Crippen molar-refractivity contribution in [3.8, 4) is 5.75 Å². The van der Waals surface area contributed by atoms with Crippen molar-refractivity contribution in [3.63, 3.8) is 0 Å². The standard InChI is InChI=1S/C17H17N3O/c1-12-4-3-5-14(20-12)11-19-17-16-7-6-15(21-2)10-13(16)8-9-18-17/h3-10H,11H2,1-2H3,(H,18,19). The lowest BCUT2D eigenvalue weighted by Crippen LogP contribution is -2.04. The Labute approximate surface area is 123 Å². The average molecular weight is 279 g/mol. The van der Waals surface area contributed by atoms with Gasteiger partial charge in [0.1, 0.15) is 11.6 Å². The fourth-order valence-electron chi connectivity index (χ4n) is 2.30. The maximum absolute atomic E-state index is 5.25. The molecule has 0 aliphatic rings. The van der Waals surface area contributed by atoms with E-state index in [0.29, 0.717) is 6.54 Å². The number of methoxy groups -OCH3 is 1. The summed E-state index contributed by atoms with van der Waals surface area (Å²) >= 11 is 0. The van der Waals surface area contributed by atoms with Gasteiger partial charge in [-0.3, -0.25) is 4.98 Å². The molecule has 3 rings (SSSR count). The second-order valence-electron chi connectivity index (χ2n) is 4.87. The Morgan fingerprint density at radius 2 is 2.05 bits per heavy atom. The third-order valence-corrected chi connectivity index (χ3v) is 3.35. The van der Waals surface area contributed by atoms with Crippen LogP contribution in [0.25, 0.3) is 10.8 Å². The van der Waals surface area contributed by atoms with Crippen LogP contribution in [0.3, 0.4) is 0 Å². The summed E-state index contributed by atoms with van der Waals surface area (Å²) in [7, 11) is 1.67. The second kappa shape index (κ2) is 5.79. The lowest BCUT2D eigenvalue weighted by molar-refractivity contribution is 0.415. The Hall–Kier alpha value is -2.62. The second-order valence-corrected chi connectivity index (χ2v) is 4.87. The van der Waals surface area contributed by atoms with Gasteiger partial charge in [0.05, 0.1) is 19.3 Å². The van der Waals surface area contributed by atoms with Gasteiger partial charge in [0.25, 0.3) is 0 Å². The maximum Gasteiger partial charge on any atom is 0.134 e. The fourth-order valence-corrected chi connectivity index (χ4v) is 2.30. The molecule has 0 unspecified atom stereocenters. The highest BCUT2D eigenvalue weighted by Crippen LogP contribution is 2.25. The number of aromatic nitrogens is 2. The van der Waals surface area contributed by atoms with Gasteiger partial charge in [-0.1, -0.05) is 6.07 Å². The Bertz CT molecular complexity index is 771. The van der Waals surface area contributed by atoms with E-state index in [9.17, 15) is 0 Å². The van der Waals surface area contributed by atoms with Gasteiger partial charge in [-0.2, -0.15) is 0 Å². The summed E-state index contributed by atoms with van der Waals surface area (Å²) in [5, 5.41) is 5.53. The first-order valence-electron chi connectivity index (χ1n) is 6.85. The molecular weight excluding hydrogens is 262 g/mol. The van der Waals surface area contributed by atoms with E-state index in [0.717, 1.165) is 33.7 Å². The lowest BCUT2D eigenvalue weighted by atomic mass is 10.1. The zero-order chi connectivity index (χ0) is 14.7. The summed E-state index contributed by atoms with van der Waals surface area (Å²) in [5.74, 6) is 1.71. The van der Waals surface area contributed by atoms with Gasteiger partial charge in [0.15, 0.2) is 0 Å². The molecule has 0 bridgehead atoms. The average Bonchev–Trinajstić information content (AvgIpc) is 2.52. The summed E-state index contributed by atoms with van der Waals surface area (Å²) in [6.45, 7) is 2.64. The Morgan fingerprint density at radius 3 is 2.86 bits per heavy atom. The first-order chi connectivity index (χ1) is 10.3. The van der Waals surface area contributed by atoms with Crippen molar-refractivity contribution in [2.75, 3.05) is 12.4 Å². The molecule has 2 aromatic heterocycles. The third-order valence-electron chi connectivity index (χ3n) is 3.35. The first kappa shape index (κ1) is 13.4. The molecule has 4 heteroatoms. The van der Waals surface area contributed by atoms with Gasteiger partial charge in [0, 0.05) is 17.3 Å². The monoisotopic (exact) mass is 279 g/mol. The van der Waals surface area contributed by atoms with Crippen LogP contribution >= 0.6 is 0 Å². The molecule has 0 aliphatic heterocycles. The third kappa shape index (κ3) is 2.94. The van der Waals surface area contributed by atoms with Gasteiger partial charge in [-0.05, 0) is 48.7 Å². The quantitative estimate of drug-likeness (QED) is 0.793. The molecule has 0 saturated heterocycles. The molecule has 2 heterocycles. The minimum absolute atomic E-state index is 0.653. The van der Waals surface area contributed by atoms with Crippen molar-refractivity contribution in [1.29, 1.82) is 0 Å². The zero-order valence-corrected chi connectivity index (χ0v) is 12.1. The number of nitrogens with zero attached hydrogens (tertiary/aromatic N) is 2. The van der Waals surface area contributed by atoms with E-state index < -0.39 is 0 Å². The van der Waals surface area contributed by atoms with Crippen LogP contribution < -0.4 is 10.1 Å².